The summed E-state index contributed by atoms with van der Waals surface area (Å²) in [7, 11) is 2.93. The number of ether oxygens (including phenoxy) is 1. The van der Waals surface area contributed by atoms with E-state index in [1.807, 2.05) is 0 Å². The molecule has 26 heavy (non-hydrogen) atoms. The fraction of sp³-hybridized carbons (Fsp3) is 0.750. The van der Waals surface area contributed by atoms with Gasteiger partial charge >= 0.3 is 0 Å². The summed E-state index contributed by atoms with van der Waals surface area (Å²) in [5.41, 5.74) is 3.05. The number of hydrogen-bond donors (Lipinski definition) is 0. The van der Waals surface area contributed by atoms with Gasteiger partial charge in [-0.2, -0.15) is 0 Å². The number of rotatable bonds is 8. The average Bonchev–Trinajstić information content (AvgIpc) is 3.38. The molecule has 0 amide bonds. The van der Waals surface area contributed by atoms with E-state index in [2.05, 4.69) is 82.8 Å². The van der Waals surface area contributed by atoms with Crippen LogP contribution in [0.4, 0.5) is 0 Å². The first-order valence-corrected chi connectivity index (χ1v) is 11.1. The third kappa shape index (κ3) is 5.25. The molecule has 2 rings (SSSR count). The highest BCUT2D eigenvalue weighted by Gasteiger charge is 2.34. The van der Waals surface area contributed by atoms with Crippen molar-refractivity contribution in [3.63, 3.8) is 0 Å². The van der Waals surface area contributed by atoms with Crippen molar-refractivity contribution in [2.75, 3.05) is 0 Å². The van der Waals surface area contributed by atoms with Crippen LogP contribution in [0.5, 0.6) is 5.75 Å². The lowest BCUT2D eigenvalue weighted by Gasteiger charge is -2.34. The first-order valence-electron chi connectivity index (χ1n) is 10.5. The second-order valence-electron chi connectivity index (χ2n) is 10.2. The normalized spacial score (nSPS) is 17.3. The SMILES string of the molecule is CCC(P)(CC)Oc1ccc(C(C)(C)C[C@@H](C)C2CC2)cc1C(C)(C)C. The van der Waals surface area contributed by atoms with E-state index in [4.69, 9.17) is 4.74 Å². The van der Waals surface area contributed by atoms with Crippen molar-refractivity contribution in [2.24, 2.45) is 11.8 Å². The van der Waals surface area contributed by atoms with E-state index in [0.29, 0.717) is 0 Å². The molecule has 0 saturated heterocycles. The Balaban J connectivity index is 2.35. The van der Waals surface area contributed by atoms with Crippen molar-refractivity contribution < 1.29 is 4.74 Å². The van der Waals surface area contributed by atoms with Gasteiger partial charge in [0.2, 0.25) is 0 Å². The van der Waals surface area contributed by atoms with Crippen molar-refractivity contribution in [2.45, 2.75) is 104 Å². The number of hydrogen-bond acceptors (Lipinski definition) is 1. The van der Waals surface area contributed by atoms with Gasteiger partial charge in [-0.05, 0) is 72.0 Å². The Morgan fingerprint density at radius 1 is 1.08 bits per heavy atom. The Morgan fingerprint density at radius 2 is 1.65 bits per heavy atom. The summed E-state index contributed by atoms with van der Waals surface area (Å²) in [6, 6.07) is 6.95. The van der Waals surface area contributed by atoms with Gasteiger partial charge in [0, 0.05) is 0 Å². The second-order valence-corrected chi connectivity index (χ2v) is 11.3. The predicted octanol–water partition coefficient (Wildman–Crippen LogP) is 7.47. The van der Waals surface area contributed by atoms with Crippen molar-refractivity contribution in [1.82, 2.24) is 0 Å². The van der Waals surface area contributed by atoms with Crippen molar-refractivity contribution >= 4 is 9.24 Å². The maximum absolute atomic E-state index is 6.52. The molecule has 1 aliphatic carbocycles. The largest absolute Gasteiger partial charge is 0.483 e. The molecule has 0 spiro atoms. The minimum Gasteiger partial charge on any atom is -0.483 e. The van der Waals surface area contributed by atoms with E-state index in [1.54, 1.807) is 0 Å². The average molecular weight is 377 g/mol. The van der Waals surface area contributed by atoms with Crippen LogP contribution in [-0.4, -0.2) is 5.34 Å². The summed E-state index contributed by atoms with van der Waals surface area (Å²) in [5, 5.41) is -0.169. The van der Waals surface area contributed by atoms with E-state index < -0.39 is 0 Å². The summed E-state index contributed by atoms with van der Waals surface area (Å²) in [6.07, 6.45) is 6.11. The molecular weight excluding hydrogens is 335 g/mol. The fourth-order valence-electron chi connectivity index (χ4n) is 3.99. The molecule has 1 aliphatic rings. The molecule has 0 bridgehead atoms. The lowest BCUT2D eigenvalue weighted by molar-refractivity contribution is 0.152. The third-order valence-electron chi connectivity index (χ3n) is 6.34. The topological polar surface area (TPSA) is 9.23 Å². The van der Waals surface area contributed by atoms with Gasteiger partial charge in [-0.3, -0.25) is 0 Å². The summed E-state index contributed by atoms with van der Waals surface area (Å²) >= 11 is 0. The molecule has 0 N–H and O–H groups in total. The lowest BCUT2D eigenvalue weighted by Crippen LogP contribution is -2.29. The van der Waals surface area contributed by atoms with Gasteiger partial charge in [-0.25, -0.2) is 0 Å². The maximum atomic E-state index is 6.52. The van der Waals surface area contributed by atoms with E-state index >= 15 is 0 Å². The Bertz CT molecular complexity index is 603. The van der Waals surface area contributed by atoms with Gasteiger partial charge in [0.1, 0.15) is 11.1 Å². The summed E-state index contributed by atoms with van der Waals surface area (Å²) in [6.45, 7) is 18.5. The van der Waals surface area contributed by atoms with Crippen molar-refractivity contribution in [3.05, 3.63) is 29.3 Å². The van der Waals surface area contributed by atoms with Gasteiger partial charge in [-0.15, -0.1) is 0 Å². The molecule has 1 unspecified atom stereocenters. The zero-order valence-electron chi connectivity index (χ0n) is 18.4. The molecule has 2 heteroatoms. The second kappa shape index (κ2) is 7.83. The zero-order chi connectivity index (χ0) is 19.8. The molecule has 2 atom stereocenters. The smallest absolute Gasteiger partial charge is 0.124 e. The van der Waals surface area contributed by atoms with Gasteiger partial charge in [0.25, 0.3) is 0 Å². The molecule has 1 aromatic rings. The van der Waals surface area contributed by atoms with Crippen LogP contribution in [0.25, 0.3) is 0 Å². The van der Waals surface area contributed by atoms with Gasteiger partial charge in [0.05, 0.1) is 0 Å². The van der Waals surface area contributed by atoms with Crippen LogP contribution in [-0.2, 0) is 10.8 Å². The van der Waals surface area contributed by atoms with Crippen LogP contribution in [0.15, 0.2) is 18.2 Å². The highest BCUT2D eigenvalue weighted by molar-refractivity contribution is 7.18. The highest BCUT2D eigenvalue weighted by atomic mass is 31.0. The van der Waals surface area contributed by atoms with Gasteiger partial charge in [0.15, 0.2) is 0 Å². The van der Waals surface area contributed by atoms with Crippen LogP contribution in [0.2, 0.25) is 0 Å². The van der Waals surface area contributed by atoms with Crippen LogP contribution in [0.3, 0.4) is 0 Å². The van der Waals surface area contributed by atoms with E-state index in [-0.39, 0.29) is 16.2 Å². The van der Waals surface area contributed by atoms with Gasteiger partial charge in [-0.1, -0.05) is 76.8 Å². The Kier molecular flexibility index (Phi) is 6.55. The molecule has 1 nitrogen and oxygen atoms in total. The standard InChI is InChI=1S/C24H41OP/c1-9-24(26,10-2)25-21-14-13-19(15-20(21)22(4,5)6)23(7,8)16-17(3)18-11-12-18/h13-15,17-18H,9-12,16,26H2,1-8H3/t17-/m1/s1. The minimum atomic E-state index is -0.169. The molecular formula is C24H41OP. The molecule has 148 valence electrons. The summed E-state index contributed by atoms with van der Waals surface area (Å²) in [5.74, 6) is 2.83. The predicted molar refractivity (Wildman–Crippen MR) is 118 cm³/mol. The van der Waals surface area contributed by atoms with Crippen molar-refractivity contribution in [3.8, 4) is 5.75 Å². The molecule has 0 radical (unpaired) electrons. The Hall–Kier alpha value is -0.550. The summed E-state index contributed by atoms with van der Waals surface area (Å²) < 4.78 is 6.52. The zero-order valence-corrected chi connectivity index (χ0v) is 19.6. The number of benzene rings is 1. The van der Waals surface area contributed by atoms with Crippen LogP contribution < -0.4 is 4.74 Å². The Labute approximate surface area is 164 Å². The van der Waals surface area contributed by atoms with Gasteiger partial charge < -0.3 is 4.74 Å². The third-order valence-corrected chi connectivity index (χ3v) is 7.27. The molecule has 0 aromatic heterocycles. The van der Waals surface area contributed by atoms with Crippen LogP contribution >= 0.6 is 9.24 Å². The minimum absolute atomic E-state index is 0.0661. The van der Waals surface area contributed by atoms with Crippen LogP contribution in [0, 0.1) is 11.8 Å². The first kappa shape index (κ1) is 21.7. The first-order chi connectivity index (χ1) is 11.9. The van der Waals surface area contributed by atoms with E-state index in [9.17, 15) is 0 Å². The van der Waals surface area contributed by atoms with E-state index in [1.165, 1.54) is 30.4 Å². The van der Waals surface area contributed by atoms with Crippen molar-refractivity contribution in [1.29, 1.82) is 0 Å². The molecule has 1 aromatic carbocycles. The Morgan fingerprint density at radius 3 is 2.12 bits per heavy atom. The maximum Gasteiger partial charge on any atom is 0.124 e. The molecule has 0 heterocycles. The highest BCUT2D eigenvalue weighted by Crippen LogP contribution is 2.45. The molecule has 1 saturated carbocycles. The summed E-state index contributed by atoms with van der Waals surface area (Å²) in [4.78, 5) is 0. The monoisotopic (exact) mass is 376 g/mol. The van der Waals surface area contributed by atoms with E-state index in [0.717, 1.165) is 30.4 Å². The molecule has 1 fully saturated rings. The van der Waals surface area contributed by atoms with Crippen LogP contribution in [0.1, 0.15) is 98.6 Å². The quantitative estimate of drug-likeness (QED) is 0.428. The fourth-order valence-corrected chi connectivity index (χ4v) is 4.12. The lowest BCUT2D eigenvalue weighted by atomic mass is 9.74. The molecule has 0 aliphatic heterocycles.